The number of hydrogen-bond donors (Lipinski definition) is 1. The lowest BCUT2D eigenvalue weighted by Gasteiger charge is -2.08. The largest absolute Gasteiger partial charge is 0.468 e. The van der Waals surface area contributed by atoms with E-state index in [9.17, 15) is 4.79 Å². The second-order valence-corrected chi connectivity index (χ2v) is 3.28. The Kier molecular flexibility index (Phi) is 2.02. The molecule has 68 valence electrons. The van der Waals surface area contributed by atoms with Crippen LogP contribution in [0.5, 0.6) is 0 Å². The summed E-state index contributed by atoms with van der Waals surface area (Å²) in [5, 5.41) is 3.20. The maximum Gasteiger partial charge on any atom is 0.322 e. The van der Waals surface area contributed by atoms with E-state index in [2.05, 4.69) is 10.1 Å². The minimum absolute atomic E-state index is 0.148. The van der Waals surface area contributed by atoms with Gasteiger partial charge in [0.15, 0.2) is 0 Å². The first kappa shape index (κ1) is 8.01. The van der Waals surface area contributed by atoms with Crippen molar-refractivity contribution in [3.63, 3.8) is 0 Å². The third-order valence-electron chi connectivity index (χ3n) is 2.58. The van der Waals surface area contributed by atoms with Crippen LogP contribution in [-0.4, -0.2) is 37.9 Å². The van der Waals surface area contributed by atoms with Gasteiger partial charge in [-0.2, -0.15) is 0 Å². The van der Waals surface area contributed by atoms with Gasteiger partial charge in [-0.1, -0.05) is 0 Å². The fourth-order valence-electron chi connectivity index (χ4n) is 1.94. The Labute approximate surface area is 71.2 Å². The molecule has 0 aromatic carbocycles. The third kappa shape index (κ3) is 1.21. The Balaban J connectivity index is 1.94. The molecule has 0 saturated carbocycles. The molecule has 3 atom stereocenters. The second-order valence-electron chi connectivity index (χ2n) is 3.28. The first-order chi connectivity index (χ1) is 5.81. The maximum atomic E-state index is 11.1. The number of fused-ring (bicyclic) bond motifs is 1. The number of esters is 1. The van der Waals surface area contributed by atoms with Gasteiger partial charge in [0.05, 0.1) is 13.2 Å². The van der Waals surface area contributed by atoms with Crippen molar-refractivity contribution < 1.29 is 14.3 Å². The van der Waals surface area contributed by atoms with Crippen molar-refractivity contribution in [2.24, 2.45) is 0 Å². The van der Waals surface area contributed by atoms with Crippen LogP contribution in [0.25, 0.3) is 0 Å². The molecular formula is C8H13NO3. The Bertz CT molecular complexity index is 183. The van der Waals surface area contributed by atoms with Gasteiger partial charge < -0.3 is 9.47 Å². The SMILES string of the molecule is COC(=O)[C@H]1C[C@H]2OCC[C@H]2N1. The standard InChI is InChI=1S/C8H13NO3/c1-11-8(10)6-4-7-5(9-6)2-3-12-7/h5-7,9H,2-4H2,1H3/t5-,6-,7-/m1/s1. The highest BCUT2D eigenvalue weighted by atomic mass is 16.5. The molecule has 4 heteroatoms. The van der Waals surface area contributed by atoms with E-state index in [4.69, 9.17) is 4.74 Å². The molecule has 2 saturated heterocycles. The molecule has 0 aliphatic carbocycles. The van der Waals surface area contributed by atoms with Gasteiger partial charge in [0.2, 0.25) is 0 Å². The third-order valence-corrected chi connectivity index (χ3v) is 2.58. The van der Waals surface area contributed by atoms with Crippen LogP contribution in [0.4, 0.5) is 0 Å². The number of carbonyl (C=O) groups is 1. The summed E-state index contributed by atoms with van der Waals surface area (Å²) in [5.41, 5.74) is 0. The molecule has 1 N–H and O–H groups in total. The molecular weight excluding hydrogens is 158 g/mol. The van der Waals surface area contributed by atoms with Crippen LogP contribution in [0.1, 0.15) is 12.8 Å². The van der Waals surface area contributed by atoms with E-state index in [0.29, 0.717) is 6.04 Å². The smallest absolute Gasteiger partial charge is 0.322 e. The number of ether oxygens (including phenoxy) is 2. The molecule has 2 rings (SSSR count). The Morgan fingerprint density at radius 3 is 3.17 bits per heavy atom. The van der Waals surface area contributed by atoms with E-state index in [-0.39, 0.29) is 18.1 Å². The predicted molar refractivity (Wildman–Crippen MR) is 41.7 cm³/mol. The number of carbonyl (C=O) groups excluding carboxylic acids is 1. The topological polar surface area (TPSA) is 47.6 Å². The van der Waals surface area contributed by atoms with Crippen LogP contribution >= 0.6 is 0 Å². The van der Waals surface area contributed by atoms with E-state index < -0.39 is 0 Å². The molecule has 4 nitrogen and oxygen atoms in total. The van der Waals surface area contributed by atoms with Crippen LogP contribution in [-0.2, 0) is 14.3 Å². The van der Waals surface area contributed by atoms with Gasteiger partial charge in [0, 0.05) is 19.1 Å². The van der Waals surface area contributed by atoms with E-state index in [1.54, 1.807) is 0 Å². The van der Waals surface area contributed by atoms with E-state index in [0.717, 1.165) is 19.4 Å². The van der Waals surface area contributed by atoms with Crippen molar-refractivity contribution in [3.05, 3.63) is 0 Å². The molecule has 2 aliphatic heterocycles. The van der Waals surface area contributed by atoms with Crippen molar-refractivity contribution in [1.29, 1.82) is 0 Å². The zero-order valence-electron chi connectivity index (χ0n) is 7.08. The summed E-state index contributed by atoms with van der Waals surface area (Å²) >= 11 is 0. The van der Waals surface area contributed by atoms with Gasteiger partial charge in [-0.25, -0.2) is 0 Å². The highest BCUT2D eigenvalue weighted by Crippen LogP contribution is 2.25. The normalized spacial score (nSPS) is 39.6. The van der Waals surface area contributed by atoms with Gasteiger partial charge in [0.1, 0.15) is 6.04 Å². The molecule has 2 heterocycles. The van der Waals surface area contributed by atoms with Crippen LogP contribution in [0.3, 0.4) is 0 Å². The van der Waals surface area contributed by atoms with Crippen molar-refractivity contribution in [1.82, 2.24) is 5.32 Å². The van der Waals surface area contributed by atoms with Gasteiger partial charge in [-0.15, -0.1) is 0 Å². The molecule has 0 radical (unpaired) electrons. The molecule has 12 heavy (non-hydrogen) atoms. The summed E-state index contributed by atoms with van der Waals surface area (Å²) in [6.45, 7) is 0.816. The Morgan fingerprint density at radius 2 is 2.50 bits per heavy atom. The second kappa shape index (κ2) is 3.03. The van der Waals surface area contributed by atoms with Crippen LogP contribution in [0.15, 0.2) is 0 Å². The Hall–Kier alpha value is -0.610. The van der Waals surface area contributed by atoms with E-state index >= 15 is 0 Å². The molecule has 0 amide bonds. The van der Waals surface area contributed by atoms with Crippen molar-refractivity contribution >= 4 is 5.97 Å². The van der Waals surface area contributed by atoms with Crippen LogP contribution < -0.4 is 5.32 Å². The van der Waals surface area contributed by atoms with Gasteiger partial charge in [-0.05, 0) is 6.42 Å². The van der Waals surface area contributed by atoms with Gasteiger partial charge in [-0.3, -0.25) is 10.1 Å². The molecule has 2 aliphatic rings. The predicted octanol–water partition coefficient (Wildman–Crippen LogP) is -0.321. The summed E-state index contributed by atoms with van der Waals surface area (Å²) < 4.78 is 10.1. The molecule has 0 aromatic rings. The molecule has 0 aromatic heterocycles. The highest BCUT2D eigenvalue weighted by Gasteiger charge is 2.41. The first-order valence-electron chi connectivity index (χ1n) is 4.26. The van der Waals surface area contributed by atoms with E-state index in [1.165, 1.54) is 7.11 Å². The van der Waals surface area contributed by atoms with Crippen molar-refractivity contribution in [2.75, 3.05) is 13.7 Å². The lowest BCUT2D eigenvalue weighted by atomic mass is 10.1. The van der Waals surface area contributed by atoms with Crippen LogP contribution in [0, 0.1) is 0 Å². The summed E-state index contributed by atoms with van der Waals surface area (Å²) in [6, 6.07) is 0.222. The quantitative estimate of drug-likeness (QED) is 0.549. The summed E-state index contributed by atoms with van der Waals surface area (Å²) in [7, 11) is 1.42. The summed E-state index contributed by atoms with van der Waals surface area (Å²) in [6.07, 6.45) is 2.00. The zero-order chi connectivity index (χ0) is 8.55. The lowest BCUT2D eigenvalue weighted by Crippen LogP contribution is -2.36. The number of rotatable bonds is 1. The highest BCUT2D eigenvalue weighted by molar-refractivity contribution is 5.76. The average molecular weight is 171 g/mol. The summed E-state index contributed by atoms with van der Waals surface area (Å²) in [4.78, 5) is 11.1. The fraction of sp³-hybridized carbons (Fsp3) is 0.875. The monoisotopic (exact) mass is 171 g/mol. The molecule has 0 bridgehead atoms. The fourth-order valence-corrected chi connectivity index (χ4v) is 1.94. The minimum atomic E-state index is -0.173. The number of methoxy groups -OCH3 is 1. The number of nitrogens with one attached hydrogen (secondary N) is 1. The minimum Gasteiger partial charge on any atom is -0.468 e. The molecule has 0 unspecified atom stereocenters. The lowest BCUT2D eigenvalue weighted by molar-refractivity contribution is -0.143. The van der Waals surface area contributed by atoms with Crippen molar-refractivity contribution in [2.45, 2.75) is 31.0 Å². The maximum absolute atomic E-state index is 11.1. The average Bonchev–Trinajstić information content (AvgIpc) is 2.60. The van der Waals surface area contributed by atoms with Gasteiger partial charge in [0.25, 0.3) is 0 Å². The van der Waals surface area contributed by atoms with E-state index in [1.807, 2.05) is 0 Å². The molecule has 0 spiro atoms. The molecule has 2 fully saturated rings. The number of hydrogen-bond acceptors (Lipinski definition) is 4. The zero-order valence-corrected chi connectivity index (χ0v) is 7.08. The summed E-state index contributed by atoms with van der Waals surface area (Å²) in [5.74, 6) is -0.173. The van der Waals surface area contributed by atoms with Crippen LogP contribution in [0.2, 0.25) is 0 Å². The van der Waals surface area contributed by atoms with Gasteiger partial charge >= 0.3 is 5.97 Å². The Morgan fingerprint density at radius 1 is 1.67 bits per heavy atom. The first-order valence-corrected chi connectivity index (χ1v) is 4.26. The van der Waals surface area contributed by atoms with Crippen molar-refractivity contribution in [3.8, 4) is 0 Å².